The molecule has 1 saturated heterocycles. The molecule has 0 aliphatic carbocycles. The van der Waals surface area contributed by atoms with Gasteiger partial charge in [-0.1, -0.05) is 36.1 Å². The Morgan fingerprint density at radius 2 is 1.59 bits per heavy atom. The van der Waals surface area contributed by atoms with Gasteiger partial charge in [-0.05, 0) is 72.3 Å². The summed E-state index contributed by atoms with van der Waals surface area (Å²) in [5.74, 6) is -0.199. The number of esters is 1. The molecule has 0 aromatic heterocycles. The van der Waals surface area contributed by atoms with Crippen molar-refractivity contribution in [3.63, 3.8) is 0 Å². The average molecular weight is 466 g/mol. The molecule has 0 unspecified atom stereocenters. The summed E-state index contributed by atoms with van der Waals surface area (Å²) in [5, 5.41) is 0. The smallest absolute Gasteiger partial charge is 0.343 e. The Morgan fingerprint density at radius 1 is 0.969 bits per heavy atom. The van der Waals surface area contributed by atoms with E-state index in [1.54, 1.807) is 61.7 Å². The number of thiocarbonyl (C=S) groups is 1. The van der Waals surface area contributed by atoms with Gasteiger partial charge >= 0.3 is 5.97 Å². The zero-order valence-corrected chi connectivity index (χ0v) is 18.4. The molecule has 8 heteroatoms. The van der Waals surface area contributed by atoms with Crippen LogP contribution < -0.4 is 14.4 Å². The van der Waals surface area contributed by atoms with Gasteiger partial charge in [-0.15, -0.1) is 0 Å². The number of ether oxygens (including phenoxy) is 2. The second kappa shape index (κ2) is 9.33. The summed E-state index contributed by atoms with van der Waals surface area (Å²) in [5.41, 5.74) is 1.67. The normalized spacial score (nSPS) is 14.7. The number of carbonyl (C=O) groups excluding carboxylic acids is 2. The number of methoxy groups -OCH3 is 1. The Labute approximate surface area is 193 Å². The minimum Gasteiger partial charge on any atom is -0.497 e. The van der Waals surface area contributed by atoms with Gasteiger partial charge in [0, 0.05) is 0 Å². The van der Waals surface area contributed by atoms with Gasteiger partial charge < -0.3 is 9.47 Å². The van der Waals surface area contributed by atoms with Crippen LogP contribution in [0.15, 0.2) is 77.7 Å². The standard InChI is InChI=1S/C24H16FNO4S2/c1-29-19-12-8-18(9-13-19)26-22(27)21(32-24(26)31)14-15-2-10-20(11-3-15)30-23(28)16-4-6-17(25)7-5-16/h2-14H,1H3/b21-14+. The number of amides is 1. The maximum atomic E-state index is 13.0. The summed E-state index contributed by atoms with van der Waals surface area (Å²) in [6.45, 7) is 0. The number of hydrogen-bond donors (Lipinski definition) is 0. The number of benzene rings is 3. The predicted molar refractivity (Wildman–Crippen MR) is 126 cm³/mol. The first-order valence-electron chi connectivity index (χ1n) is 9.44. The zero-order valence-electron chi connectivity index (χ0n) is 16.8. The van der Waals surface area contributed by atoms with Gasteiger partial charge in [0.05, 0.1) is 23.3 Å². The van der Waals surface area contributed by atoms with Gasteiger partial charge in [-0.3, -0.25) is 9.69 Å². The van der Waals surface area contributed by atoms with Crippen molar-refractivity contribution in [1.29, 1.82) is 0 Å². The fourth-order valence-corrected chi connectivity index (χ4v) is 4.26. The lowest BCUT2D eigenvalue weighted by Crippen LogP contribution is -2.27. The van der Waals surface area contributed by atoms with Gasteiger partial charge in [0.1, 0.15) is 17.3 Å². The molecule has 1 aliphatic rings. The van der Waals surface area contributed by atoms with Gasteiger partial charge in [0.2, 0.25) is 0 Å². The second-order valence-electron chi connectivity index (χ2n) is 6.68. The maximum Gasteiger partial charge on any atom is 0.343 e. The molecule has 1 fully saturated rings. The first-order chi connectivity index (χ1) is 15.4. The third kappa shape index (κ3) is 4.71. The van der Waals surface area contributed by atoms with E-state index < -0.39 is 11.8 Å². The van der Waals surface area contributed by atoms with Crippen LogP contribution in [0.4, 0.5) is 10.1 Å². The van der Waals surface area contributed by atoms with Crippen LogP contribution in [0.1, 0.15) is 15.9 Å². The number of rotatable bonds is 5. The van der Waals surface area contributed by atoms with Crippen LogP contribution in [0.2, 0.25) is 0 Å². The van der Waals surface area contributed by atoms with E-state index in [9.17, 15) is 14.0 Å². The van der Waals surface area contributed by atoms with E-state index in [0.717, 1.165) is 5.56 Å². The summed E-state index contributed by atoms with van der Waals surface area (Å²) in [7, 11) is 1.58. The minimum atomic E-state index is -0.585. The van der Waals surface area contributed by atoms with E-state index in [1.807, 2.05) is 0 Å². The third-order valence-electron chi connectivity index (χ3n) is 4.59. The number of anilines is 1. The van der Waals surface area contributed by atoms with Crippen LogP contribution in [0, 0.1) is 5.82 Å². The Bertz CT molecular complexity index is 1210. The third-order valence-corrected chi connectivity index (χ3v) is 5.89. The molecule has 1 amide bonds. The zero-order chi connectivity index (χ0) is 22.7. The quantitative estimate of drug-likeness (QED) is 0.216. The molecule has 32 heavy (non-hydrogen) atoms. The molecular weight excluding hydrogens is 449 g/mol. The van der Waals surface area contributed by atoms with Gasteiger partial charge in [0.15, 0.2) is 4.32 Å². The summed E-state index contributed by atoms with van der Waals surface area (Å²) in [6.07, 6.45) is 1.73. The Balaban J connectivity index is 1.46. The van der Waals surface area contributed by atoms with Crippen molar-refractivity contribution >= 4 is 51.9 Å². The SMILES string of the molecule is COc1ccc(N2C(=O)/C(=C\c3ccc(OC(=O)c4ccc(F)cc4)cc3)SC2=S)cc1. The molecule has 1 heterocycles. The van der Waals surface area contributed by atoms with Gasteiger partial charge in [0.25, 0.3) is 5.91 Å². The Hall–Kier alpha value is -3.49. The van der Waals surface area contributed by atoms with Crippen molar-refractivity contribution in [2.24, 2.45) is 0 Å². The van der Waals surface area contributed by atoms with E-state index in [0.29, 0.717) is 26.4 Å². The number of carbonyl (C=O) groups is 2. The van der Waals surface area contributed by atoms with Gasteiger partial charge in [-0.25, -0.2) is 9.18 Å². The lowest BCUT2D eigenvalue weighted by Gasteiger charge is -2.14. The van der Waals surface area contributed by atoms with Crippen LogP contribution >= 0.6 is 24.0 Å². The summed E-state index contributed by atoms with van der Waals surface area (Å²) in [6, 6.07) is 18.9. The molecule has 3 aromatic rings. The highest BCUT2D eigenvalue weighted by Crippen LogP contribution is 2.36. The number of hydrogen-bond acceptors (Lipinski definition) is 6. The Kier molecular flexibility index (Phi) is 6.34. The molecule has 0 N–H and O–H groups in total. The topological polar surface area (TPSA) is 55.8 Å². The highest BCUT2D eigenvalue weighted by atomic mass is 32.2. The van der Waals surface area contributed by atoms with Crippen LogP contribution in [0.5, 0.6) is 11.5 Å². The molecule has 0 spiro atoms. The molecular formula is C24H16FNO4S2. The van der Waals surface area contributed by atoms with Crippen molar-refractivity contribution in [1.82, 2.24) is 0 Å². The lowest BCUT2D eigenvalue weighted by atomic mass is 10.2. The van der Waals surface area contributed by atoms with E-state index >= 15 is 0 Å². The minimum absolute atomic E-state index is 0.211. The van der Waals surface area contributed by atoms with Crippen molar-refractivity contribution < 1.29 is 23.5 Å². The first kappa shape index (κ1) is 21.7. The molecule has 5 nitrogen and oxygen atoms in total. The lowest BCUT2D eigenvalue weighted by molar-refractivity contribution is -0.113. The molecule has 3 aromatic carbocycles. The van der Waals surface area contributed by atoms with Crippen LogP contribution in [0.25, 0.3) is 6.08 Å². The van der Waals surface area contributed by atoms with Crippen molar-refractivity contribution in [3.05, 3.63) is 94.6 Å². The molecule has 0 atom stereocenters. The van der Waals surface area contributed by atoms with E-state index in [-0.39, 0.29) is 11.5 Å². The highest BCUT2D eigenvalue weighted by Gasteiger charge is 2.33. The Morgan fingerprint density at radius 3 is 2.22 bits per heavy atom. The monoisotopic (exact) mass is 465 g/mol. The summed E-state index contributed by atoms with van der Waals surface area (Å²) in [4.78, 5) is 27.0. The van der Waals surface area contributed by atoms with Crippen molar-refractivity contribution in [2.75, 3.05) is 12.0 Å². The van der Waals surface area contributed by atoms with Gasteiger partial charge in [-0.2, -0.15) is 0 Å². The average Bonchev–Trinajstić information content (AvgIpc) is 3.08. The van der Waals surface area contributed by atoms with E-state index in [1.165, 1.54) is 40.9 Å². The van der Waals surface area contributed by atoms with Crippen molar-refractivity contribution in [2.45, 2.75) is 0 Å². The van der Waals surface area contributed by atoms with Crippen molar-refractivity contribution in [3.8, 4) is 11.5 Å². The fraction of sp³-hybridized carbons (Fsp3) is 0.0417. The van der Waals surface area contributed by atoms with E-state index in [2.05, 4.69) is 0 Å². The summed E-state index contributed by atoms with van der Waals surface area (Å²) >= 11 is 6.61. The number of thioether (sulfide) groups is 1. The molecule has 1 aliphatic heterocycles. The molecule has 0 saturated carbocycles. The molecule has 0 bridgehead atoms. The second-order valence-corrected chi connectivity index (χ2v) is 8.36. The molecule has 4 rings (SSSR count). The molecule has 160 valence electrons. The predicted octanol–water partition coefficient (Wildman–Crippen LogP) is 5.46. The highest BCUT2D eigenvalue weighted by molar-refractivity contribution is 8.27. The molecule has 0 radical (unpaired) electrons. The maximum absolute atomic E-state index is 13.0. The van der Waals surface area contributed by atoms with Crippen LogP contribution in [0.3, 0.4) is 0 Å². The number of nitrogens with zero attached hydrogens (tertiary/aromatic N) is 1. The summed E-state index contributed by atoms with van der Waals surface area (Å²) < 4.78 is 23.9. The first-order valence-corrected chi connectivity index (χ1v) is 10.7. The largest absolute Gasteiger partial charge is 0.497 e. The van der Waals surface area contributed by atoms with Crippen LogP contribution in [-0.4, -0.2) is 23.3 Å². The van der Waals surface area contributed by atoms with E-state index in [4.69, 9.17) is 21.7 Å². The van der Waals surface area contributed by atoms with Crippen LogP contribution in [-0.2, 0) is 4.79 Å². The number of halogens is 1. The fourth-order valence-electron chi connectivity index (χ4n) is 2.96.